The fourth-order valence-electron chi connectivity index (χ4n) is 2.79. The van der Waals surface area contributed by atoms with Crippen molar-refractivity contribution in [1.82, 2.24) is 0 Å². The lowest BCUT2D eigenvalue weighted by atomic mass is 10.1. The molecule has 2 amide bonds. The zero-order valence-corrected chi connectivity index (χ0v) is 18.8. The van der Waals surface area contributed by atoms with Gasteiger partial charge in [0.25, 0.3) is 11.8 Å². The third-order valence-corrected chi connectivity index (χ3v) is 5.29. The van der Waals surface area contributed by atoms with E-state index in [1.54, 1.807) is 50.2 Å². The van der Waals surface area contributed by atoms with Crippen molar-refractivity contribution < 1.29 is 14.3 Å². The quantitative estimate of drug-likeness (QED) is 0.443. The molecule has 3 rings (SSSR count). The smallest absolute Gasteiger partial charge is 0.265 e. The monoisotopic (exact) mass is 486 g/mol. The summed E-state index contributed by atoms with van der Waals surface area (Å²) in [6.45, 7) is 3.44. The Morgan fingerprint density at radius 3 is 2.43 bits per heavy atom. The fraction of sp³-hybridized carbons (Fsp3) is 0.130. The Hall–Kier alpha value is -2.83. The molecule has 0 heterocycles. The average molecular weight is 488 g/mol. The van der Waals surface area contributed by atoms with E-state index in [4.69, 9.17) is 16.3 Å². The molecule has 0 aliphatic heterocycles. The molecule has 1 unspecified atom stereocenters. The molecule has 2 N–H and O–H groups in total. The molecule has 30 heavy (non-hydrogen) atoms. The lowest BCUT2D eigenvalue weighted by Crippen LogP contribution is -2.30. The highest BCUT2D eigenvalue weighted by molar-refractivity contribution is 9.10. The van der Waals surface area contributed by atoms with E-state index in [1.807, 2.05) is 30.3 Å². The van der Waals surface area contributed by atoms with Crippen molar-refractivity contribution in [2.45, 2.75) is 20.0 Å². The zero-order chi connectivity index (χ0) is 21.7. The summed E-state index contributed by atoms with van der Waals surface area (Å²) in [4.78, 5) is 25.3. The van der Waals surface area contributed by atoms with Gasteiger partial charge in [0.1, 0.15) is 5.75 Å². The van der Waals surface area contributed by atoms with Gasteiger partial charge in [-0.25, -0.2) is 0 Å². The molecule has 0 aromatic heterocycles. The number of carbonyl (C=O) groups excluding carboxylic acids is 2. The van der Waals surface area contributed by atoms with Crippen molar-refractivity contribution in [2.75, 3.05) is 10.6 Å². The largest absolute Gasteiger partial charge is 0.480 e. The van der Waals surface area contributed by atoms with Gasteiger partial charge < -0.3 is 15.4 Å². The first-order valence-electron chi connectivity index (χ1n) is 9.23. The van der Waals surface area contributed by atoms with Crippen molar-refractivity contribution in [1.29, 1.82) is 0 Å². The van der Waals surface area contributed by atoms with Gasteiger partial charge in [0.2, 0.25) is 0 Å². The molecule has 0 fully saturated rings. The van der Waals surface area contributed by atoms with Crippen molar-refractivity contribution in [2.24, 2.45) is 0 Å². The molecule has 0 radical (unpaired) electrons. The van der Waals surface area contributed by atoms with Crippen LogP contribution in [0.5, 0.6) is 5.75 Å². The third kappa shape index (κ3) is 5.40. The minimum Gasteiger partial charge on any atom is -0.480 e. The van der Waals surface area contributed by atoms with Crippen LogP contribution in [0, 0.1) is 6.92 Å². The fourth-order valence-corrected chi connectivity index (χ4v) is 3.56. The van der Waals surface area contributed by atoms with Gasteiger partial charge in [-0.1, -0.05) is 35.9 Å². The minimum atomic E-state index is -0.760. The predicted molar refractivity (Wildman–Crippen MR) is 123 cm³/mol. The standard InChI is InChI=1S/C23H20BrClN2O3/c1-14-18(23(29)26-17-7-4-3-5-8-17)9-6-10-20(14)27-22(28)15(2)30-21-12-11-16(25)13-19(21)24/h3-13,15H,1-2H3,(H,26,29)(H,27,28). The molecular formula is C23H20BrClN2O3. The number of nitrogens with one attached hydrogen (secondary N) is 2. The van der Waals surface area contributed by atoms with Crippen LogP contribution in [0.25, 0.3) is 0 Å². The van der Waals surface area contributed by atoms with Gasteiger partial charge in [0.05, 0.1) is 4.47 Å². The van der Waals surface area contributed by atoms with Gasteiger partial charge in [0, 0.05) is 22.0 Å². The van der Waals surface area contributed by atoms with Crippen LogP contribution in [0.2, 0.25) is 5.02 Å². The van der Waals surface area contributed by atoms with Crippen LogP contribution in [-0.4, -0.2) is 17.9 Å². The number of ether oxygens (including phenoxy) is 1. The lowest BCUT2D eigenvalue weighted by molar-refractivity contribution is -0.122. The first kappa shape index (κ1) is 21.9. The molecule has 5 nitrogen and oxygen atoms in total. The van der Waals surface area contributed by atoms with E-state index in [-0.39, 0.29) is 11.8 Å². The lowest BCUT2D eigenvalue weighted by Gasteiger charge is -2.17. The summed E-state index contributed by atoms with van der Waals surface area (Å²) in [5.74, 6) is -0.0699. The number of benzene rings is 3. The van der Waals surface area contributed by atoms with E-state index >= 15 is 0 Å². The molecule has 3 aromatic carbocycles. The molecule has 3 aromatic rings. The first-order valence-corrected chi connectivity index (χ1v) is 10.4. The second-order valence-electron chi connectivity index (χ2n) is 6.62. The van der Waals surface area contributed by atoms with Gasteiger partial charge in [-0.3, -0.25) is 9.59 Å². The maximum Gasteiger partial charge on any atom is 0.265 e. The number of halogens is 2. The summed E-state index contributed by atoms with van der Waals surface area (Å²) in [6, 6.07) is 19.5. The summed E-state index contributed by atoms with van der Waals surface area (Å²) >= 11 is 9.30. The second kappa shape index (κ2) is 9.78. The number of carbonyl (C=O) groups is 2. The molecule has 0 saturated carbocycles. The Bertz CT molecular complexity index is 1070. The molecular weight excluding hydrogens is 468 g/mol. The van der Waals surface area contributed by atoms with E-state index in [0.717, 1.165) is 0 Å². The number of rotatable bonds is 6. The predicted octanol–water partition coefficient (Wildman–Crippen LogP) is 6.07. The summed E-state index contributed by atoms with van der Waals surface area (Å²) in [5.41, 5.74) is 2.39. The van der Waals surface area contributed by atoms with Crippen molar-refractivity contribution in [3.8, 4) is 5.75 Å². The maximum absolute atomic E-state index is 12.6. The highest BCUT2D eigenvalue weighted by Gasteiger charge is 2.19. The van der Waals surface area contributed by atoms with E-state index in [0.29, 0.717) is 37.7 Å². The second-order valence-corrected chi connectivity index (χ2v) is 7.91. The van der Waals surface area contributed by atoms with E-state index in [1.165, 1.54) is 0 Å². The number of hydrogen-bond acceptors (Lipinski definition) is 3. The Morgan fingerprint density at radius 1 is 1.00 bits per heavy atom. The van der Waals surface area contributed by atoms with Crippen LogP contribution >= 0.6 is 27.5 Å². The summed E-state index contributed by atoms with van der Waals surface area (Å²) in [5, 5.41) is 6.25. The van der Waals surface area contributed by atoms with Gasteiger partial charge in [-0.2, -0.15) is 0 Å². The van der Waals surface area contributed by atoms with Gasteiger partial charge in [-0.05, 0) is 77.8 Å². The van der Waals surface area contributed by atoms with Crippen LogP contribution in [0.4, 0.5) is 11.4 Å². The number of amides is 2. The Balaban J connectivity index is 1.71. The molecule has 7 heteroatoms. The summed E-state index contributed by atoms with van der Waals surface area (Å²) in [6.07, 6.45) is -0.760. The van der Waals surface area contributed by atoms with Crippen molar-refractivity contribution in [3.05, 3.63) is 87.4 Å². The summed E-state index contributed by atoms with van der Waals surface area (Å²) in [7, 11) is 0. The SMILES string of the molecule is Cc1c(NC(=O)C(C)Oc2ccc(Cl)cc2Br)cccc1C(=O)Nc1ccccc1. The highest BCUT2D eigenvalue weighted by atomic mass is 79.9. The Kier molecular flexibility index (Phi) is 7.13. The molecule has 154 valence electrons. The number of hydrogen-bond donors (Lipinski definition) is 2. The molecule has 0 aliphatic carbocycles. The normalized spacial score (nSPS) is 11.5. The number of para-hydroxylation sites is 1. The summed E-state index contributed by atoms with van der Waals surface area (Å²) < 4.78 is 6.39. The van der Waals surface area contributed by atoms with Crippen LogP contribution < -0.4 is 15.4 Å². The van der Waals surface area contributed by atoms with E-state index in [9.17, 15) is 9.59 Å². The van der Waals surface area contributed by atoms with E-state index < -0.39 is 6.10 Å². The average Bonchev–Trinajstić information content (AvgIpc) is 2.72. The van der Waals surface area contributed by atoms with Crippen molar-refractivity contribution in [3.63, 3.8) is 0 Å². The van der Waals surface area contributed by atoms with Crippen molar-refractivity contribution >= 4 is 50.7 Å². The zero-order valence-electron chi connectivity index (χ0n) is 16.4. The van der Waals surface area contributed by atoms with Crippen LogP contribution in [0.1, 0.15) is 22.8 Å². The molecule has 0 aliphatic rings. The van der Waals surface area contributed by atoms with Gasteiger partial charge in [-0.15, -0.1) is 0 Å². The van der Waals surface area contributed by atoms with Crippen LogP contribution in [-0.2, 0) is 4.79 Å². The Labute approximate surface area is 188 Å². The van der Waals surface area contributed by atoms with E-state index in [2.05, 4.69) is 26.6 Å². The van der Waals surface area contributed by atoms with Gasteiger partial charge in [0.15, 0.2) is 6.10 Å². The topological polar surface area (TPSA) is 67.4 Å². The minimum absolute atomic E-state index is 0.246. The van der Waals surface area contributed by atoms with Crippen LogP contribution in [0.3, 0.4) is 0 Å². The first-order chi connectivity index (χ1) is 14.3. The highest BCUT2D eigenvalue weighted by Crippen LogP contribution is 2.29. The van der Waals surface area contributed by atoms with Gasteiger partial charge >= 0.3 is 0 Å². The Morgan fingerprint density at radius 2 is 1.73 bits per heavy atom. The van der Waals surface area contributed by atoms with Crippen LogP contribution in [0.15, 0.2) is 71.2 Å². The molecule has 1 atom stereocenters. The molecule has 0 saturated heterocycles. The number of anilines is 2. The molecule has 0 bridgehead atoms. The third-order valence-electron chi connectivity index (χ3n) is 4.43. The maximum atomic E-state index is 12.6. The molecule has 0 spiro atoms.